The lowest BCUT2D eigenvalue weighted by Gasteiger charge is -2.11. The Labute approximate surface area is 106 Å². The maximum Gasteiger partial charge on any atom is 0.161 e. The van der Waals surface area contributed by atoms with E-state index < -0.39 is 6.10 Å². The van der Waals surface area contributed by atoms with Gasteiger partial charge in [-0.05, 0) is 11.6 Å². The van der Waals surface area contributed by atoms with Gasteiger partial charge in [-0.1, -0.05) is 43.7 Å². The van der Waals surface area contributed by atoms with Crippen LogP contribution in [-0.2, 0) is 9.16 Å². The highest BCUT2D eigenvalue weighted by molar-refractivity contribution is 6.26. The van der Waals surface area contributed by atoms with Crippen LogP contribution in [0, 0.1) is 0 Å². The lowest BCUT2D eigenvalue weighted by molar-refractivity contribution is 0.0243. The smallest absolute Gasteiger partial charge is 0.161 e. The second-order valence-corrected chi connectivity index (χ2v) is 5.49. The van der Waals surface area contributed by atoms with Crippen molar-refractivity contribution >= 4 is 9.76 Å². The van der Waals surface area contributed by atoms with Crippen molar-refractivity contribution in [3.8, 4) is 0 Å². The van der Waals surface area contributed by atoms with Gasteiger partial charge in [0.15, 0.2) is 9.76 Å². The Balaban J connectivity index is 2.03. The highest BCUT2D eigenvalue weighted by atomic mass is 28.2. The Morgan fingerprint density at radius 3 is 2.71 bits per heavy atom. The van der Waals surface area contributed by atoms with Gasteiger partial charge in [0.1, 0.15) is 6.10 Å². The molecule has 1 rings (SSSR count). The monoisotopic (exact) mass is 254 g/mol. The van der Waals surface area contributed by atoms with Crippen LogP contribution in [0.1, 0.15) is 25.0 Å². The first-order valence-electron chi connectivity index (χ1n) is 6.23. The molecule has 0 spiro atoms. The van der Waals surface area contributed by atoms with Crippen molar-refractivity contribution < 1.29 is 14.3 Å². The summed E-state index contributed by atoms with van der Waals surface area (Å²) in [5.41, 5.74) is 0.897. The molecule has 1 atom stereocenters. The summed E-state index contributed by atoms with van der Waals surface area (Å²) in [5, 5.41) is 9.80. The summed E-state index contributed by atoms with van der Waals surface area (Å²) in [6.45, 7) is 3.74. The SMILES string of the molecule is CCC[SiH2]OCCOCC(O)c1ccccc1. The van der Waals surface area contributed by atoms with Crippen molar-refractivity contribution in [3.63, 3.8) is 0 Å². The molecule has 0 amide bonds. The summed E-state index contributed by atoms with van der Waals surface area (Å²) >= 11 is 0. The third kappa shape index (κ3) is 6.58. The van der Waals surface area contributed by atoms with Crippen molar-refractivity contribution in [1.82, 2.24) is 0 Å². The van der Waals surface area contributed by atoms with E-state index in [-0.39, 0.29) is 9.76 Å². The Kier molecular flexibility index (Phi) is 7.91. The van der Waals surface area contributed by atoms with Crippen LogP contribution in [-0.4, -0.2) is 34.7 Å². The van der Waals surface area contributed by atoms with Gasteiger partial charge >= 0.3 is 0 Å². The fourth-order valence-electron chi connectivity index (χ4n) is 1.43. The van der Waals surface area contributed by atoms with E-state index in [1.807, 2.05) is 30.3 Å². The maximum absolute atomic E-state index is 9.80. The third-order valence-electron chi connectivity index (χ3n) is 2.47. The van der Waals surface area contributed by atoms with Crippen LogP contribution < -0.4 is 0 Å². The van der Waals surface area contributed by atoms with Gasteiger partial charge in [0.05, 0.1) is 19.8 Å². The van der Waals surface area contributed by atoms with E-state index in [9.17, 15) is 5.11 Å². The molecule has 1 aromatic carbocycles. The second-order valence-electron chi connectivity index (χ2n) is 3.97. The molecule has 0 heterocycles. The summed E-state index contributed by atoms with van der Waals surface area (Å²) in [5.74, 6) is 0. The number of hydrogen-bond donors (Lipinski definition) is 1. The minimum absolute atomic E-state index is 0.329. The standard InChI is InChI=1S/C13H22O3Si/c1-2-10-17-16-9-8-15-11-13(14)12-6-4-3-5-7-12/h3-7,13-14H,2,8-11,17H2,1H3. The first-order chi connectivity index (χ1) is 8.34. The minimum atomic E-state index is -0.538. The van der Waals surface area contributed by atoms with Gasteiger partial charge in [-0.15, -0.1) is 0 Å². The Morgan fingerprint density at radius 2 is 2.00 bits per heavy atom. The summed E-state index contributed by atoms with van der Waals surface area (Å²) in [7, 11) is -0.329. The van der Waals surface area contributed by atoms with Gasteiger partial charge in [-0.3, -0.25) is 0 Å². The van der Waals surface area contributed by atoms with Crippen molar-refractivity contribution in [2.75, 3.05) is 19.8 Å². The van der Waals surface area contributed by atoms with Crippen LogP contribution in [0.15, 0.2) is 30.3 Å². The number of aliphatic hydroxyl groups is 1. The molecule has 0 aliphatic carbocycles. The van der Waals surface area contributed by atoms with Gasteiger partial charge in [0.2, 0.25) is 0 Å². The van der Waals surface area contributed by atoms with E-state index in [2.05, 4.69) is 6.92 Å². The molecular formula is C13H22O3Si. The van der Waals surface area contributed by atoms with Crippen molar-refractivity contribution in [2.45, 2.75) is 25.5 Å². The highest BCUT2D eigenvalue weighted by Gasteiger charge is 2.05. The van der Waals surface area contributed by atoms with E-state index >= 15 is 0 Å². The minimum Gasteiger partial charge on any atom is -0.422 e. The topological polar surface area (TPSA) is 38.7 Å². The first-order valence-corrected chi connectivity index (χ1v) is 7.80. The molecule has 0 saturated carbocycles. The van der Waals surface area contributed by atoms with Crippen LogP contribution in [0.2, 0.25) is 6.04 Å². The average Bonchev–Trinajstić information content (AvgIpc) is 2.38. The van der Waals surface area contributed by atoms with Gasteiger partial charge in [-0.25, -0.2) is 0 Å². The van der Waals surface area contributed by atoms with E-state index in [0.29, 0.717) is 19.8 Å². The molecular weight excluding hydrogens is 232 g/mol. The summed E-state index contributed by atoms with van der Waals surface area (Å²) in [4.78, 5) is 0. The largest absolute Gasteiger partial charge is 0.422 e. The van der Waals surface area contributed by atoms with Gasteiger partial charge in [0.25, 0.3) is 0 Å². The normalized spacial score (nSPS) is 13.3. The number of rotatable bonds is 9. The van der Waals surface area contributed by atoms with Crippen molar-refractivity contribution in [2.24, 2.45) is 0 Å². The molecule has 0 saturated heterocycles. The summed E-state index contributed by atoms with van der Waals surface area (Å²) < 4.78 is 10.9. The molecule has 0 bridgehead atoms. The molecule has 1 N–H and O–H groups in total. The van der Waals surface area contributed by atoms with E-state index in [0.717, 1.165) is 5.56 Å². The summed E-state index contributed by atoms with van der Waals surface area (Å²) in [6, 6.07) is 10.8. The van der Waals surface area contributed by atoms with E-state index in [1.54, 1.807) is 0 Å². The summed E-state index contributed by atoms with van der Waals surface area (Å²) in [6.07, 6.45) is 0.670. The van der Waals surface area contributed by atoms with Crippen LogP contribution >= 0.6 is 0 Å². The van der Waals surface area contributed by atoms with Gasteiger partial charge in [-0.2, -0.15) is 0 Å². The first kappa shape index (κ1) is 14.4. The molecule has 3 nitrogen and oxygen atoms in total. The number of aliphatic hydroxyl groups excluding tert-OH is 1. The fourth-order valence-corrected chi connectivity index (χ4v) is 2.25. The number of benzene rings is 1. The predicted molar refractivity (Wildman–Crippen MR) is 71.8 cm³/mol. The average molecular weight is 254 g/mol. The van der Waals surface area contributed by atoms with E-state index in [4.69, 9.17) is 9.16 Å². The molecule has 0 aromatic heterocycles. The Hall–Kier alpha value is -0.683. The zero-order chi connectivity index (χ0) is 12.3. The lowest BCUT2D eigenvalue weighted by atomic mass is 10.1. The zero-order valence-electron chi connectivity index (χ0n) is 10.5. The molecule has 4 heteroatoms. The quantitative estimate of drug-likeness (QED) is 0.538. The van der Waals surface area contributed by atoms with Crippen LogP contribution in [0.4, 0.5) is 0 Å². The second kappa shape index (κ2) is 9.36. The molecule has 1 unspecified atom stereocenters. The Bertz CT molecular complexity index is 279. The maximum atomic E-state index is 9.80. The lowest BCUT2D eigenvalue weighted by Crippen LogP contribution is -2.12. The Morgan fingerprint density at radius 1 is 1.24 bits per heavy atom. The molecule has 0 fully saturated rings. The molecule has 0 aliphatic heterocycles. The predicted octanol–water partition coefficient (Wildman–Crippen LogP) is 1.67. The third-order valence-corrected chi connectivity index (χ3v) is 4.05. The van der Waals surface area contributed by atoms with Crippen LogP contribution in [0.25, 0.3) is 0 Å². The molecule has 1 aromatic rings. The van der Waals surface area contributed by atoms with E-state index in [1.165, 1.54) is 12.5 Å². The van der Waals surface area contributed by atoms with Gasteiger partial charge in [0, 0.05) is 0 Å². The fraction of sp³-hybridized carbons (Fsp3) is 0.538. The molecule has 0 aliphatic rings. The van der Waals surface area contributed by atoms with Crippen LogP contribution in [0.5, 0.6) is 0 Å². The van der Waals surface area contributed by atoms with Crippen LogP contribution in [0.3, 0.4) is 0 Å². The highest BCUT2D eigenvalue weighted by Crippen LogP contribution is 2.11. The number of hydrogen-bond acceptors (Lipinski definition) is 3. The van der Waals surface area contributed by atoms with Crippen molar-refractivity contribution in [3.05, 3.63) is 35.9 Å². The molecule has 0 radical (unpaired) electrons. The van der Waals surface area contributed by atoms with Crippen molar-refractivity contribution in [1.29, 1.82) is 0 Å². The van der Waals surface area contributed by atoms with Gasteiger partial charge < -0.3 is 14.3 Å². The zero-order valence-corrected chi connectivity index (χ0v) is 11.9. The number of ether oxygens (including phenoxy) is 1. The molecule has 96 valence electrons. The molecule has 17 heavy (non-hydrogen) atoms.